The zero-order chi connectivity index (χ0) is 12.6. The molecule has 1 aromatic carbocycles. The van der Waals surface area contributed by atoms with E-state index >= 15 is 0 Å². The molecule has 0 atom stereocenters. The lowest BCUT2D eigenvalue weighted by Gasteiger charge is -2.18. The highest BCUT2D eigenvalue weighted by Crippen LogP contribution is 2.33. The molecule has 0 spiro atoms. The van der Waals surface area contributed by atoms with Crippen LogP contribution in [0.15, 0.2) is 30.3 Å². The molecule has 0 aliphatic carbocycles. The molecular formula is C13H14FNOS. The van der Waals surface area contributed by atoms with Gasteiger partial charge >= 0.3 is 0 Å². The van der Waals surface area contributed by atoms with E-state index in [0.29, 0.717) is 16.1 Å². The van der Waals surface area contributed by atoms with Gasteiger partial charge < -0.3 is 10.8 Å². The Labute approximate surface area is 104 Å². The number of hydrogen-bond acceptors (Lipinski definition) is 3. The van der Waals surface area contributed by atoms with Gasteiger partial charge in [-0.05, 0) is 37.6 Å². The smallest absolute Gasteiger partial charge is 0.132 e. The quantitative estimate of drug-likeness (QED) is 0.859. The molecule has 4 heteroatoms. The van der Waals surface area contributed by atoms with Crippen molar-refractivity contribution in [3.05, 3.63) is 41.7 Å². The summed E-state index contributed by atoms with van der Waals surface area (Å²) >= 11 is 1.34. The number of thiophene rings is 1. The number of anilines is 1. The van der Waals surface area contributed by atoms with Crippen molar-refractivity contribution in [1.29, 1.82) is 0 Å². The van der Waals surface area contributed by atoms with Crippen LogP contribution in [0, 0.1) is 5.82 Å². The summed E-state index contributed by atoms with van der Waals surface area (Å²) in [7, 11) is 0. The van der Waals surface area contributed by atoms with Crippen molar-refractivity contribution in [2.75, 3.05) is 5.73 Å². The van der Waals surface area contributed by atoms with Crippen LogP contribution in [0.2, 0.25) is 0 Å². The maximum atomic E-state index is 13.9. The molecule has 3 N–H and O–H groups in total. The van der Waals surface area contributed by atoms with Crippen LogP contribution in [-0.2, 0) is 5.60 Å². The third-order valence-corrected chi connectivity index (χ3v) is 3.52. The minimum Gasteiger partial charge on any atom is -0.391 e. The van der Waals surface area contributed by atoms with Gasteiger partial charge in [0.15, 0.2) is 0 Å². The van der Waals surface area contributed by atoms with Gasteiger partial charge in [0.1, 0.15) is 5.82 Å². The monoisotopic (exact) mass is 251 g/mol. The van der Waals surface area contributed by atoms with Crippen molar-refractivity contribution in [3.8, 4) is 10.4 Å². The lowest BCUT2D eigenvalue weighted by molar-refractivity contribution is 0.0782. The van der Waals surface area contributed by atoms with E-state index in [1.54, 1.807) is 38.1 Å². The van der Waals surface area contributed by atoms with Crippen LogP contribution in [0.3, 0.4) is 0 Å². The van der Waals surface area contributed by atoms with Crippen LogP contribution in [-0.4, -0.2) is 5.11 Å². The van der Waals surface area contributed by atoms with Gasteiger partial charge in [0.05, 0.1) is 10.6 Å². The van der Waals surface area contributed by atoms with Gasteiger partial charge in [0.25, 0.3) is 0 Å². The highest BCUT2D eigenvalue weighted by Gasteiger charge is 2.18. The molecule has 2 rings (SSSR count). The minimum absolute atomic E-state index is 0.341. The van der Waals surface area contributed by atoms with E-state index in [4.69, 9.17) is 5.73 Å². The molecule has 0 aliphatic rings. The predicted octanol–water partition coefficient (Wildman–Crippen LogP) is 3.36. The fraction of sp³-hybridized carbons (Fsp3) is 0.231. The molecule has 0 saturated carbocycles. The summed E-state index contributed by atoms with van der Waals surface area (Å²) in [6.45, 7) is 3.26. The molecule has 1 aromatic heterocycles. The van der Waals surface area contributed by atoms with Gasteiger partial charge in [-0.1, -0.05) is 12.1 Å². The third kappa shape index (κ3) is 2.48. The number of nitrogens with two attached hydrogens (primary N) is 1. The first-order chi connectivity index (χ1) is 7.88. The summed E-state index contributed by atoms with van der Waals surface area (Å²) in [5.74, 6) is -0.341. The van der Waals surface area contributed by atoms with Crippen LogP contribution in [0.25, 0.3) is 10.4 Å². The van der Waals surface area contributed by atoms with E-state index in [9.17, 15) is 9.50 Å². The third-order valence-electron chi connectivity index (χ3n) is 2.57. The molecule has 0 bridgehead atoms. The van der Waals surface area contributed by atoms with Gasteiger partial charge in [-0.3, -0.25) is 0 Å². The Kier molecular flexibility index (Phi) is 2.93. The lowest BCUT2D eigenvalue weighted by Crippen LogP contribution is -2.15. The molecular weight excluding hydrogens is 237 g/mol. The van der Waals surface area contributed by atoms with Crippen LogP contribution in [0.4, 0.5) is 9.39 Å². The number of halogens is 1. The molecule has 90 valence electrons. The Morgan fingerprint density at radius 1 is 1.24 bits per heavy atom. The summed E-state index contributed by atoms with van der Waals surface area (Å²) in [4.78, 5) is 0.794. The van der Waals surface area contributed by atoms with Crippen LogP contribution < -0.4 is 5.73 Å². The number of nitrogen functional groups attached to an aromatic ring is 1. The van der Waals surface area contributed by atoms with Gasteiger partial charge in [-0.15, -0.1) is 11.3 Å². The highest BCUT2D eigenvalue weighted by atomic mass is 32.1. The largest absolute Gasteiger partial charge is 0.391 e. The van der Waals surface area contributed by atoms with Crippen LogP contribution in [0.5, 0.6) is 0 Å². The van der Waals surface area contributed by atoms with Crippen molar-refractivity contribution < 1.29 is 9.50 Å². The van der Waals surface area contributed by atoms with E-state index in [1.807, 2.05) is 0 Å². The minimum atomic E-state index is -1.03. The van der Waals surface area contributed by atoms with E-state index in [-0.39, 0.29) is 5.82 Å². The number of aliphatic hydroxyl groups is 1. The van der Waals surface area contributed by atoms with Crippen LogP contribution >= 0.6 is 11.3 Å². The molecule has 1 heterocycles. The molecule has 17 heavy (non-hydrogen) atoms. The molecule has 0 fully saturated rings. The predicted molar refractivity (Wildman–Crippen MR) is 69.4 cm³/mol. The second-order valence-electron chi connectivity index (χ2n) is 4.46. The summed E-state index contributed by atoms with van der Waals surface area (Å²) < 4.78 is 13.9. The molecule has 0 amide bonds. The fourth-order valence-corrected chi connectivity index (χ4v) is 2.39. The van der Waals surface area contributed by atoms with E-state index < -0.39 is 5.60 Å². The first-order valence-electron chi connectivity index (χ1n) is 5.26. The summed E-state index contributed by atoms with van der Waals surface area (Å²) in [6.07, 6.45) is 0. The van der Waals surface area contributed by atoms with Crippen molar-refractivity contribution >= 4 is 16.3 Å². The number of rotatable bonds is 2. The second kappa shape index (κ2) is 4.13. The molecule has 0 unspecified atom stereocenters. The first kappa shape index (κ1) is 12.1. The van der Waals surface area contributed by atoms with Gasteiger partial charge in [0.2, 0.25) is 0 Å². The Bertz CT molecular complexity index is 543. The first-order valence-corrected chi connectivity index (χ1v) is 6.07. The Morgan fingerprint density at radius 3 is 2.41 bits per heavy atom. The van der Waals surface area contributed by atoms with Crippen molar-refractivity contribution in [2.24, 2.45) is 0 Å². The number of benzene rings is 1. The zero-order valence-electron chi connectivity index (χ0n) is 9.70. The van der Waals surface area contributed by atoms with Crippen molar-refractivity contribution in [2.45, 2.75) is 19.4 Å². The van der Waals surface area contributed by atoms with E-state index in [1.165, 1.54) is 17.4 Å². The Hall–Kier alpha value is -1.39. The van der Waals surface area contributed by atoms with E-state index in [2.05, 4.69) is 0 Å². The molecule has 2 nitrogen and oxygen atoms in total. The SMILES string of the molecule is CC(C)(O)c1ccc(-c2ccc(N)s2)c(F)c1. The standard InChI is InChI=1S/C13H14FNOS/c1-13(2,16)8-3-4-9(10(14)7-8)11-5-6-12(15)17-11/h3-7,16H,15H2,1-2H3. The maximum absolute atomic E-state index is 13.9. The second-order valence-corrected chi connectivity index (χ2v) is 5.57. The Balaban J connectivity index is 2.45. The van der Waals surface area contributed by atoms with Gasteiger partial charge in [-0.2, -0.15) is 0 Å². The molecule has 0 saturated heterocycles. The zero-order valence-corrected chi connectivity index (χ0v) is 10.5. The Morgan fingerprint density at radius 2 is 1.94 bits per heavy atom. The molecule has 0 radical (unpaired) electrons. The van der Waals surface area contributed by atoms with Gasteiger partial charge in [-0.25, -0.2) is 4.39 Å². The average Bonchev–Trinajstić information content (AvgIpc) is 2.63. The maximum Gasteiger partial charge on any atom is 0.132 e. The average molecular weight is 251 g/mol. The summed E-state index contributed by atoms with van der Waals surface area (Å²) in [5.41, 5.74) is 5.66. The van der Waals surface area contributed by atoms with Crippen molar-refractivity contribution in [3.63, 3.8) is 0 Å². The van der Waals surface area contributed by atoms with Crippen LogP contribution in [0.1, 0.15) is 19.4 Å². The summed E-state index contributed by atoms with van der Waals surface area (Å²) in [6, 6.07) is 8.32. The summed E-state index contributed by atoms with van der Waals surface area (Å²) in [5, 5.41) is 10.5. The van der Waals surface area contributed by atoms with E-state index in [0.717, 1.165) is 4.88 Å². The lowest BCUT2D eigenvalue weighted by atomic mass is 9.97. The normalized spacial score (nSPS) is 11.8. The highest BCUT2D eigenvalue weighted by molar-refractivity contribution is 7.19. The topological polar surface area (TPSA) is 46.2 Å². The molecule has 0 aliphatic heterocycles. The fourth-order valence-electron chi connectivity index (χ4n) is 1.59. The van der Waals surface area contributed by atoms with Gasteiger partial charge in [0, 0.05) is 10.4 Å². The number of hydrogen-bond donors (Lipinski definition) is 2. The molecule has 2 aromatic rings. The van der Waals surface area contributed by atoms with Crippen molar-refractivity contribution in [1.82, 2.24) is 0 Å².